The maximum absolute atomic E-state index is 6.23. The Morgan fingerprint density at radius 1 is 0.415 bits per heavy atom. The van der Waals surface area contributed by atoms with E-state index in [-0.39, 0.29) is 0 Å². The zero-order valence-electron chi connectivity index (χ0n) is 22.2. The van der Waals surface area contributed by atoms with Crippen molar-refractivity contribution in [3.63, 3.8) is 0 Å². The van der Waals surface area contributed by atoms with Crippen molar-refractivity contribution in [1.29, 1.82) is 0 Å². The molecule has 2 aromatic heterocycles. The van der Waals surface area contributed by atoms with Crippen molar-refractivity contribution in [2.24, 2.45) is 0 Å². The number of hydrogen-bond donors (Lipinski definition) is 0. The van der Waals surface area contributed by atoms with E-state index in [1.807, 2.05) is 48.5 Å². The van der Waals surface area contributed by atoms with Crippen molar-refractivity contribution in [1.82, 2.24) is 9.97 Å². The molecule has 3 nitrogen and oxygen atoms in total. The van der Waals surface area contributed by atoms with Gasteiger partial charge in [0.25, 0.3) is 0 Å². The largest absolute Gasteiger partial charge is 0.456 e. The summed E-state index contributed by atoms with van der Waals surface area (Å²) >= 11 is 0. The van der Waals surface area contributed by atoms with E-state index < -0.39 is 0 Å². The van der Waals surface area contributed by atoms with Crippen molar-refractivity contribution in [2.45, 2.75) is 0 Å². The molecule has 0 fully saturated rings. The van der Waals surface area contributed by atoms with Crippen LogP contribution in [0.25, 0.3) is 77.7 Å². The summed E-state index contributed by atoms with van der Waals surface area (Å²) in [6.07, 6.45) is 0. The normalized spacial score (nSPS) is 11.4. The lowest BCUT2D eigenvalue weighted by Gasteiger charge is -2.13. The second-order valence-electron chi connectivity index (χ2n) is 10.2. The highest BCUT2D eigenvalue weighted by molar-refractivity contribution is 6.14. The molecule has 0 amide bonds. The molecule has 6 aromatic carbocycles. The Labute approximate surface area is 237 Å². The average molecular weight is 525 g/mol. The summed E-state index contributed by atoms with van der Waals surface area (Å²) < 4.78 is 6.23. The number of aromatic nitrogens is 2. The fourth-order valence-corrected chi connectivity index (χ4v) is 5.73. The first-order valence-electron chi connectivity index (χ1n) is 13.8. The average Bonchev–Trinajstić information content (AvgIpc) is 3.44. The molecular formula is C38H24N2O. The van der Waals surface area contributed by atoms with Gasteiger partial charge >= 0.3 is 0 Å². The Morgan fingerprint density at radius 3 is 1.73 bits per heavy atom. The third kappa shape index (κ3) is 4.07. The summed E-state index contributed by atoms with van der Waals surface area (Å²) in [7, 11) is 0. The molecule has 0 saturated heterocycles. The minimum absolute atomic E-state index is 0.693. The van der Waals surface area contributed by atoms with Crippen LogP contribution in [-0.4, -0.2) is 9.97 Å². The van der Waals surface area contributed by atoms with E-state index in [1.165, 1.54) is 0 Å². The van der Waals surface area contributed by atoms with Crippen LogP contribution in [-0.2, 0) is 0 Å². The fourth-order valence-electron chi connectivity index (χ4n) is 5.73. The number of furan rings is 1. The van der Waals surface area contributed by atoms with Crippen LogP contribution in [0, 0.1) is 0 Å². The second-order valence-corrected chi connectivity index (χ2v) is 10.2. The first-order chi connectivity index (χ1) is 20.3. The van der Waals surface area contributed by atoms with E-state index in [2.05, 4.69) is 97.1 Å². The van der Waals surface area contributed by atoms with Gasteiger partial charge < -0.3 is 4.42 Å². The molecule has 0 bridgehead atoms. The SMILES string of the molecule is c1ccc(-c2cc(-c3ccccc3)cc(-c3nc(-c4cccc5oc6ccccc6c45)c4ccccc4n3)c2)cc1. The third-order valence-electron chi connectivity index (χ3n) is 7.67. The highest BCUT2D eigenvalue weighted by Gasteiger charge is 2.18. The topological polar surface area (TPSA) is 38.9 Å². The minimum Gasteiger partial charge on any atom is -0.456 e. The van der Waals surface area contributed by atoms with Crippen LogP contribution < -0.4 is 0 Å². The molecule has 0 unspecified atom stereocenters. The lowest BCUT2D eigenvalue weighted by molar-refractivity contribution is 0.669. The van der Waals surface area contributed by atoms with Crippen LogP contribution >= 0.6 is 0 Å². The zero-order valence-corrected chi connectivity index (χ0v) is 22.2. The molecule has 0 atom stereocenters. The molecule has 8 aromatic rings. The van der Waals surface area contributed by atoms with Crippen molar-refractivity contribution in [2.75, 3.05) is 0 Å². The predicted molar refractivity (Wildman–Crippen MR) is 169 cm³/mol. The van der Waals surface area contributed by atoms with Gasteiger partial charge in [0.15, 0.2) is 5.82 Å². The Morgan fingerprint density at radius 2 is 1.00 bits per heavy atom. The number of hydrogen-bond acceptors (Lipinski definition) is 3. The van der Waals surface area contributed by atoms with Gasteiger partial charge in [-0.2, -0.15) is 0 Å². The molecule has 0 radical (unpaired) electrons. The van der Waals surface area contributed by atoms with Gasteiger partial charge in [-0.15, -0.1) is 0 Å². The van der Waals surface area contributed by atoms with E-state index in [4.69, 9.17) is 14.4 Å². The summed E-state index contributed by atoms with van der Waals surface area (Å²) in [5.74, 6) is 0.693. The van der Waals surface area contributed by atoms with E-state index in [1.54, 1.807) is 0 Å². The van der Waals surface area contributed by atoms with Gasteiger partial charge in [-0.05, 0) is 58.7 Å². The minimum atomic E-state index is 0.693. The van der Waals surface area contributed by atoms with E-state index in [9.17, 15) is 0 Å². The van der Waals surface area contributed by atoms with Crippen molar-refractivity contribution in [3.05, 3.63) is 146 Å². The first kappa shape index (κ1) is 23.4. The third-order valence-corrected chi connectivity index (χ3v) is 7.67. The van der Waals surface area contributed by atoms with Crippen LogP contribution in [0.2, 0.25) is 0 Å². The van der Waals surface area contributed by atoms with Gasteiger partial charge in [0.2, 0.25) is 0 Å². The summed E-state index contributed by atoms with van der Waals surface area (Å²) in [6.45, 7) is 0. The van der Waals surface area contributed by atoms with E-state index >= 15 is 0 Å². The Balaban J connectivity index is 1.41. The Hall–Kier alpha value is -5.54. The van der Waals surface area contributed by atoms with Gasteiger partial charge in [-0.25, -0.2) is 9.97 Å². The Bertz CT molecular complexity index is 2140. The molecule has 2 heterocycles. The molecule has 0 aliphatic carbocycles. The van der Waals surface area contributed by atoms with Gasteiger partial charge in [-0.3, -0.25) is 0 Å². The van der Waals surface area contributed by atoms with E-state index in [0.717, 1.165) is 71.9 Å². The number of benzene rings is 6. The zero-order chi connectivity index (χ0) is 27.2. The molecule has 192 valence electrons. The molecule has 8 rings (SSSR count). The van der Waals surface area contributed by atoms with Gasteiger partial charge in [0, 0.05) is 27.3 Å². The monoisotopic (exact) mass is 524 g/mol. The summed E-state index contributed by atoms with van der Waals surface area (Å²) in [5.41, 5.74) is 10.1. The van der Waals surface area contributed by atoms with Gasteiger partial charge in [0.1, 0.15) is 11.2 Å². The predicted octanol–water partition coefficient (Wildman–Crippen LogP) is 10.2. The molecule has 3 heteroatoms. The van der Waals surface area contributed by atoms with Crippen LogP contribution in [0.4, 0.5) is 0 Å². The lowest BCUT2D eigenvalue weighted by Crippen LogP contribution is -1.96. The van der Waals surface area contributed by atoms with Crippen molar-refractivity contribution >= 4 is 32.8 Å². The molecule has 0 aliphatic heterocycles. The van der Waals surface area contributed by atoms with Gasteiger partial charge in [-0.1, -0.05) is 109 Å². The molecule has 0 aliphatic rings. The quantitative estimate of drug-likeness (QED) is 0.230. The molecule has 0 spiro atoms. The van der Waals surface area contributed by atoms with Crippen molar-refractivity contribution in [3.8, 4) is 44.9 Å². The first-order valence-corrected chi connectivity index (χ1v) is 13.8. The molecule has 41 heavy (non-hydrogen) atoms. The lowest BCUT2D eigenvalue weighted by atomic mass is 9.95. The molecule has 0 N–H and O–H groups in total. The maximum atomic E-state index is 6.23. The van der Waals surface area contributed by atoms with Crippen LogP contribution in [0.15, 0.2) is 150 Å². The smallest absolute Gasteiger partial charge is 0.160 e. The number of para-hydroxylation sites is 2. The number of fused-ring (bicyclic) bond motifs is 4. The van der Waals surface area contributed by atoms with E-state index in [0.29, 0.717) is 5.82 Å². The summed E-state index contributed by atoms with van der Waals surface area (Å²) in [5, 5.41) is 3.16. The van der Waals surface area contributed by atoms with Crippen LogP contribution in [0.5, 0.6) is 0 Å². The number of nitrogens with zero attached hydrogens (tertiary/aromatic N) is 2. The van der Waals surface area contributed by atoms with Crippen LogP contribution in [0.3, 0.4) is 0 Å². The molecule has 0 saturated carbocycles. The highest BCUT2D eigenvalue weighted by Crippen LogP contribution is 2.39. The highest BCUT2D eigenvalue weighted by atomic mass is 16.3. The molecular weight excluding hydrogens is 500 g/mol. The maximum Gasteiger partial charge on any atom is 0.160 e. The Kier molecular flexibility index (Phi) is 5.46. The summed E-state index contributed by atoms with van der Waals surface area (Å²) in [6, 6.07) is 50.3. The van der Waals surface area contributed by atoms with Gasteiger partial charge in [0.05, 0.1) is 11.2 Å². The summed E-state index contributed by atoms with van der Waals surface area (Å²) in [4.78, 5) is 10.4. The fraction of sp³-hybridized carbons (Fsp3) is 0. The number of rotatable bonds is 4. The van der Waals surface area contributed by atoms with Crippen molar-refractivity contribution < 1.29 is 4.42 Å². The van der Waals surface area contributed by atoms with Crippen LogP contribution in [0.1, 0.15) is 0 Å². The standard InChI is InChI=1S/C38H24N2O/c1-3-12-25(13-4-1)27-22-28(26-14-5-2-6-15-26)24-29(23-27)38-39-33-19-9-7-16-30(33)37(40-38)32-18-11-21-35-36(32)31-17-8-10-20-34(31)41-35/h1-24H. The second kappa shape index (κ2) is 9.58.